The molecule has 0 spiro atoms. The van der Waals surface area contributed by atoms with Gasteiger partial charge in [0, 0.05) is 12.2 Å². The van der Waals surface area contributed by atoms with Crippen molar-refractivity contribution in [3.05, 3.63) is 24.3 Å². The lowest BCUT2D eigenvalue weighted by atomic mass is 10.3. The van der Waals surface area contributed by atoms with Crippen molar-refractivity contribution in [1.82, 2.24) is 10.6 Å². The number of amides is 3. The summed E-state index contributed by atoms with van der Waals surface area (Å²) in [7, 11) is 0. The van der Waals surface area contributed by atoms with E-state index in [1.165, 1.54) is 24.3 Å². The molecule has 3 N–H and O–H groups in total. The molecule has 0 bridgehead atoms. The molecule has 21 heavy (non-hydrogen) atoms. The van der Waals surface area contributed by atoms with E-state index in [-0.39, 0.29) is 18.2 Å². The number of anilines is 1. The van der Waals surface area contributed by atoms with E-state index in [0.29, 0.717) is 12.2 Å². The average molecular weight is 301 g/mol. The third kappa shape index (κ3) is 7.09. The van der Waals surface area contributed by atoms with Crippen LogP contribution >= 0.6 is 0 Å². The number of carbonyl (C=O) groups excluding carboxylic acids is 2. The minimum absolute atomic E-state index is 0.00472. The van der Waals surface area contributed by atoms with Gasteiger partial charge in [-0.1, -0.05) is 6.92 Å². The zero-order valence-corrected chi connectivity index (χ0v) is 11.5. The van der Waals surface area contributed by atoms with E-state index in [4.69, 9.17) is 0 Å². The molecular weight excluding hydrogens is 284 g/mol. The van der Waals surface area contributed by atoms with Crippen LogP contribution in [-0.2, 0) is 4.79 Å². The number of urea groups is 1. The smallest absolute Gasteiger partial charge is 0.387 e. The van der Waals surface area contributed by atoms with Gasteiger partial charge in [0.05, 0.1) is 6.54 Å². The van der Waals surface area contributed by atoms with E-state index in [1.807, 2.05) is 6.92 Å². The second kappa shape index (κ2) is 8.72. The number of nitrogens with one attached hydrogen (secondary N) is 3. The highest BCUT2D eigenvalue weighted by Gasteiger charge is 2.06. The quantitative estimate of drug-likeness (QED) is 0.720. The van der Waals surface area contributed by atoms with Crippen molar-refractivity contribution >= 4 is 17.6 Å². The highest BCUT2D eigenvalue weighted by Crippen LogP contribution is 2.17. The molecular formula is C13H17F2N3O3. The normalized spacial score (nSPS) is 10.1. The maximum Gasteiger partial charge on any atom is 0.387 e. The number of halogens is 2. The molecule has 0 saturated heterocycles. The van der Waals surface area contributed by atoms with Crippen molar-refractivity contribution in [2.75, 3.05) is 18.4 Å². The molecule has 116 valence electrons. The molecule has 6 nitrogen and oxygen atoms in total. The second-order valence-corrected chi connectivity index (χ2v) is 4.06. The average Bonchev–Trinajstić information content (AvgIpc) is 2.44. The van der Waals surface area contributed by atoms with Crippen LogP contribution in [0.3, 0.4) is 0 Å². The summed E-state index contributed by atoms with van der Waals surface area (Å²) in [4.78, 5) is 22.8. The van der Waals surface area contributed by atoms with Gasteiger partial charge in [-0.15, -0.1) is 0 Å². The van der Waals surface area contributed by atoms with Crippen molar-refractivity contribution in [3.8, 4) is 5.75 Å². The Morgan fingerprint density at radius 1 is 1.19 bits per heavy atom. The topological polar surface area (TPSA) is 79.5 Å². The lowest BCUT2D eigenvalue weighted by Gasteiger charge is -2.09. The molecule has 0 fully saturated rings. The van der Waals surface area contributed by atoms with Gasteiger partial charge in [0.1, 0.15) is 5.75 Å². The first-order valence-corrected chi connectivity index (χ1v) is 6.37. The molecule has 8 heteroatoms. The molecule has 0 aliphatic carbocycles. The van der Waals surface area contributed by atoms with Gasteiger partial charge >= 0.3 is 12.6 Å². The van der Waals surface area contributed by atoms with E-state index < -0.39 is 12.6 Å². The summed E-state index contributed by atoms with van der Waals surface area (Å²) in [5.41, 5.74) is 0.392. The molecule has 1 aromatic rings. The van der Waals surface area contributed by atoms with Crippen LogP contribution in [0.5, 0.6) is 5.75 Å². The Balaban J connectivity index is 2.35. The number of benzene rings is 1. The Labute approximate surface area is 120 Å². The fourth-order valence-corrected chi connectivity index (χ4v) is 1.38. The second-order valence-electron chi connectivity index (χ2n) is 4.06. The summed E-state index contributed by atoms with van der Waals surface area (Å²) in [6.45, 7) is -0.567. The maximum absolute atomic E-state index is 12.0. The molecule has 0 aromatic heterocycles. The first-order chi connectivity index (χ1) is 10.0. The maximum atomic E-state index is 12.0. The van der Waals surface area contributed by atoms with E-state index in [2.05, 4.69) is 20.7 Å². The lowest BCUT2D eigenvalue weighted by molar-refractivity contribution is -0.120. The Morgan fingerprint density at radius 3 is 2.43 bits per heavy atom. The van der Waals surface area contributed by atoms with Crippen molar-refractivity contribution in [2.24, 2.45) is 0 Å². The van der Waals surface area contributed by atoms with Crippen LogP contribution in [0.1, 0.15) is 13.3 Å². The van der Waals surface area contributed by atoms with E-state index >= 15 is 0 Å². The highest BCUT2D eigenvalue weighted by atomic mass is 19.3. The van der Waals surface area contributed by atoms with Gasteiger partial charge in [0.15, 0.2) is 0 Å². The molecule has 1 aromatic carbocycles. The van der Waals surface area contributed by atoms with Crippen LogP contribution in [0.15, 0.2) is 24.3 Å². The molecule has 0 aliphatic rings. The predicted octanol–water partition coefficient (Wildman–Crippen LogP) is 1.94. The largest absolute Gasteiger partial charge is 0.435 e. The van der Waals surface area contributed by atoms with Crippen LogP contribution in [0.4, 0.5) is 19.3 Å². The van der Waals surface area contributed by atoms with Gasteiger partial charge in [-0.05, 0) is 30.7 Å². The standard InChI is InChI=1S/C13H17F2N3O3/c1-2-7-16-11(19)8-17-13(20)18-9-3-5-10(6-4-9)21-12(14)15/h3-6,12H,2,7-8H2,1H3,(H,16,19)(H2,17,18,20). The van der Waals surface area contributed by atoms with Crippen LogP contribution < -0.4 is 20.7 Å². The summed E-state index contributed by atoms with van der Waals surface area (Å²) in [5.74, 6) is -0.289. The number of alkyl halides is 2. The molecule has 0 aliphatic heterocycles. The van der Waals surface area contributed by atoms with Crippen molar-refractivity contribution in [3.63, 3.8) is 0 Å². The van der Waals surface area contributed by atoms with Crippen LogP contribution in [0, 0.1) is 0 Å². The van der Waals surface area contributed by atoms with E-state index in [1.54, 1.807) is 0 Å². The van der Waals surface area contributed by atoms with Gasteiger partial charge in [-0.25, -0.2) is 4.79 Å². The minimum atomic E-state index is -2.89. The van der Waals surface area contributed by atoms with Crippen LogP contribution in [0.2, 0.25) is 0 Å². The SMILES string of the molecule is CCCNC(=O)CNC(=O)Nc1ccc(OC(F)F)cc1. The number of carbonyl (C=O) groups is 2. The van der Waals surface area contributed by atoms with Crippen molar-refractivity contribution < 1.29 is 23.1 Å². The monoisotopic (exact) mass is 301 g/mol. The minimum Gasteiger partial charge on any atom is -0.435 e. The van der Waals surface area contributed by atoms with Crippen molar-refractivity contribution in [1.29, 1.82) is 0 Å². The third-order valence-electron chi connectivity index (χ3n) is 2.32. The number of rotatable bonds is 7. The summed E-state index contributed by atoms with van der Waals surface area (Å²) in [6, 6.07) is 4.86. The van der Waals surface area contributed by atoms with Gasteiger partial charge in [0.25, 0.3) is 0 Å². The van der Waals surface area contributed by atoms with E-state index in [9.17, 15) is 18.4 Å². The Morgan fingerprint density at radius 2 is 1.86 bits per heavy atom. The third-order valence-corrected chi connectivity index (χ3v) is 2.32. The first kappa shape index (κ1) is 16.7. The lowest BCUT2D eigenvalue weighted by Crippen LogP contribution is -2.39. The number of hydrogen-bond acceptors (Lipinski definition) is 3. The molecule has 0 atom stereocenters. The van der Waals surface area contributed by atoms with Crippen molar-refractivity contribution in [2.45, 2.75) is 20.0 Å². The summed E-state index contributed by atoms with van der Waals surface area (Å²) >= 11 is 0. The molecule has 0 unspecified atom stereocenters. The molecule has 1 rings (SSSR count). The van der Waals surface area contributed by atoms with E-state index in [0.717, 1.165) is 6.42 Å². The number of ether oxygens (including phenoxy) is 1. The fourth-order valence-electron chi connectivity index (χ4n) is 1.38. The van der Waals surface area contributed by atoms with Gasteiger partial charge in [-0.2, -0.15) is 8.78 Å². The number of hydrogen-bond donors (Lipinski definition) is 3. The molecule has 0 radical (unpaired) electrons. The fraction of sp³-hybridized carbons (Fsp3) is 0.385. The van der Waals surface area contributed by atoms with Gasteiger partial charge in [0.2, 0.25) is 5.91 Å². The molecule has 0 heterocycles. The Bertz CT molecular complexity index is 466. The van der Waals surface area contributed by atoms with Crippen LogP contribution in [-0.4, -0.2) is 31.6 Å². The van der Waals surface area contributed by atoms with Crippen LogP contribution in [0.25, 0.3) is 0 Å². The van der Waals surface area contributed by atoms with Gasteiger partial charge < -0.3 is 20.7 Å². The molecule has 0 saturated carbocycles. The summed E-state index contributed by atoms with van der Waals surface area (Å²) < 4.78 is 28.1. The van der Waals surface area contributed by atoms with Gasteiger partial charge in [-0.3, -0.25) is 4.79 Å². The highest BCUT2D eigenvalue weighted by molar-refractivity contribution is 5.92. The predicted molar refractivity (Wildman–Crippen MR) is 73.4 cm³/mol. The Hall–Kier alpha value is -2.38. The zero-order chi connectivity index (χ0) is 15.7. The zero-order valence-electron chi connectivity index (χ0n) is 11.5. The summed E-state index contributed by atoms with van der Waals surface area (Å²) in [6.07, 6.45) is 0.810. The summed E-state index contributed by atoms with van der Waals surface area (Å²) in [5, 5.41) is 7.44. The molecule has 3 amide bonds. The first-order valence-electron chi connectivity index (χ1n) is 6.37. The Kier molecular flexibility index (Phi) is 6.93.